The van der Waals surface area contributed by atoms with Gasteiger partial charge in [-0.2, -0.15) is 5.10 Å². The number of hydrogen-bond donors (Lipinski definition) is 2. The summed E-state index contributed by atoms with van der Waals surface area (Å²) in [6.07, 6.45) is 2.98. The van der Waals surface area contributed by atoms with Gasteiger partial charge in [-0.05, 0) is 26.3 Å². The average Bonchev–Trinajstić information content (AvgIpc) is 3.28. The van der Waals surface area contributed by atoms with Crippen molar-refractivity contribution in [2.45, 2.75) is 38.5 Å². The van der Waals surface area contributed by atoms with Gasteiger partial charge < -0.3 is 19.8 Å². The summed E-state index contributed by atoms with van der Waals surface area (Å²) in [5.41, 5.74) is -0.334. The van der Waals surface area contributed by atoms with Crippen LogP contribution in [0.2, 0.25) is 0 Å². The molecule has 1 aliphatic rings. The third-order valence-corrected chi connectivity index (χ3v) is 4.22. The van der Waals surface area contributed by atoms with Crippen LogP contribution in [-0.4, -0.2) is 61.5 Å². The Bertz CT molecular complexity index is 754. The zero-order valence-electron chi connectivity index (χ0n) is 14.2. The van der Waals surface area contributed by atoms with Crippen molar-refractivity contribution < 1.29 is 19.2 Å². The Morgan fingerprint density at radius 3 is 3.00 bits per heavy atom. The molecule has 0 spiro atoms. The maximum Gasteiger partial charge on any atom is 0.276 e. The molecule has 2 aromatic heterocycles. The van der Waals surface area contributed by atoms with Crippen LogP contribution in [0.4, 0.5) is 0 Å². The highest BCUT2D eigenvalue weighted by atomic mass is 16.5. The maximum absolute atomic E-state index is 12.6. The molecule has 2 atom stereocenters. The van der Waals surface area contributed by atoms with Crippen molar-refractivity contribution in [3.05, 3.63) is 36.0 Å². The standard InChI is InChI=1S/C16H21N5O4/c1-11(22)14(23)18-16(2)4-7-20(10-16)15(24)13-8-12(25-19-13)9-21-6-3-5-17-21/h3,5-6,8,11,22H,4,7,9-10H2,1-2H3,(H,18,23). The molecular formula is C16H21N5O4. The number of nitrogens with zero attached hydrogens (tertiary/aromatic N) is 4. The monoisotopic (exact) mass is 347 g/mol. The summed E-state index contributed by atoms with van der Waals surface area (Å²) < 4.78 is 6.88. The zero-order valence-corrected chi connectivity index (χ0v) is 14.2. The minimum Gasteiger partial charge on any atom is -0.384 e. The van der Waals surface area contributed by atoms with Gasteiger partial charge in [-0.15, -0.1) is 0 Å². The van der Waals surface area contributed by atoms with Crippen LogP contribution < -0.4 is 5.32 Å². The van der Waals surface area contributed by atoms with Crippen LogP contribution in [0.1, 0.15) is 36.5 Å². The summed E-state index contributed by atoms with van der Waals surface area (Å²) in [5, 5.41) is 20.0. The summed E-state index contributed by atoms with van der Waals surface area (Å²) in [5.74, 6) is -0.151. The second-order valence-corrected chi connectivity index (χ2v) is 6.58. The number of carbonyl (C=O) groups is 2. The lowest BCUT2D eigenvalue weighted by Gasteiger charge is -2.26. The summed E-state index contributed by atoms with van der Waals surface area (Å²) in [4.78, 5) is 25.9. The molecule has 0 bridgehead atoms. The molecule has 9 nitrogen and oxygen atoms in total. The molecule has 2 aromatic rings. The molecule has 3 rings (SSSR count). The Hall–Kier alpha value is -2.68. The molecule has 2 unspecified atom stereocenters. The Kier molecular flexibility index (Phi) is 4.58. The minimum absolute atomic E-state index is 0.230. The first-order valence-electron chi connectivity index (χ1n) is 8.09. The van der Waals surface area contributed by atoms with E-state index < -0.39 is 17.6 Å². The average molecular weight is 347 g/mol. The Morgan fingerprint density at radius 1 is 1.52 bits per heavy atom. The quantitative estimate of drug-likeness (QED) is 0.788. The van der Waals surface area contributed by atoms with Crippen LogP contribution >= 0.6 is 0 Å². The number of carbonyl (C=O) groups excluding carboxylic acids is 2. The predicted octanol–water partition coefficient (Wildman–Crippen LogP) is 0.0210. The van der Waals surface area contributed by atoms with Gasteiger partial charge in [0.1, 0.15) is 12.6 Å². The van der Waals surface area contributed by atoms with Crippen molar-refractivity contribution in [2.75, 3.05) is 13.1 Å². The highest BCUT2D eigenvalue weighted by Gasteiger charge is 2.38. The molecule has 9 heteroatoms. The summed E-state index contributed by atoms with van der Waals surface area (Å²) in [6.45, 7) is 4.51. The summed E-state index contributed by atoms with van der Waals surface area (Å²) >= 11 is 0. The van der Waals surface area contributed by atoms with Crippen LogP contribution in [0.15, 0.2) is 29.0 Å². The van der Waals surface area contributed by atoms with E-state index in [9.17, 15) is 14.7 Å². The molecule has 1 aliphatic heterocycles. The number of nitrogens with one attached hydrogen (secondary N) is 1. The lowest BCUT2D eigenvalue weighted by Crippen LogP contribution is -2.51. The van der Waals surface area contributed by atoms with E-state index in [-0.39, 0.29) is 11.6 Å². The number of aromatic nitrogens is 3. The van der Waals surface area contributed by atoms with E-state index in [4.69, 9.17) is 4.52 Å². The molecule has 1 fully saturated rings. The normalized spacial score (nSPS) is 21.3. The van der Waals surface area contributed by atoms with Gasteiger partial charge in [0.05, 0.1) is 5.54 Å². The van der Waals surface area contributed by atoms with Crippen molar-refractivity contribution >= 4 is 11.8 Å². The molecule has 0 aliphatic carbocycles. The molecule has 0 radical (unpaired) electrons. The topological polar surface area (TPSA) is 113 Å². The fraction of sp³-hybridized carbons (Fsp3) is 0.500. The Labute approximate surface area is 144 Å². The Balaban J connectivity index is 1.62. The lowest BCUT2D eigenvalue weighted by atomic mass is 10.0. The van der Waals surface area contributed by atoms with E-state index in [0.717, 1.165) is 0 Å². The number of amides is 2. The SMILES string of the molecule is CC(O)C(=O)NC1(C)CCN(C(=O)c2cc(Cn3cccn3)on2)C1. The van der Waals surface area contributed by atoms with Gasteiger partial charge in [0.25, 0.3) is 5.91 Å². The van der Waals surface area contributed by atoms with E-state index in [1.54, 1.807) is 34.1 Å². The van der Waals surface area contributed by atoms with Crippen LogP contribution in [0.5, 0.6) is 0 Å². The second kappa shape index (κ2) is 6.67. The summed E-state index contributed by atoms with van der Waals surface area (Å²) in [6, 6.07) is 3.41. The molecule has 2 amide bonds. The second-order valence-electron chi connectivity index (χ2n) is 6.58. The van der Waals surface area contributed by atoms with E-state index in [1.165, 1.54) is 6.92 Å². The van der Waals surface area contributed by atoms with E-state index in [0.29, 0.717) is 31.8 Å². The van der Waals surface area contributed by atoms with Gasteiger partial charge in [0.15, 0.2) is 11.5 Å². The maximum atomic E-state index is 12.6. The summed E-state index contributed by atoms with van der Waals surface area (Å²) in [7, 11) is 0. The molecule has 0 aromatic carbocycles. The number of hydrogen-bond acceptors (Lipinski definition) is 6. The first-order chi connectivity index (χ1) is 11.9. The first-order valence-corrected chi connectivity index (χ1v) is 8.09. The molecule has 1 saturated heterocycles. The molecule has 2 N–H and O–H groups in total. The molecule has 3 heterocycles. The van der Waals surface area contributed by atoms with Crippen molar-refractivity contribution in [1.29, 1.82) is 0 Å². The number of likely N-dealkylation sites (tertiary alicyclic amines) is 1. The van der Waals surface area contributed by atoms with Crippen molar-refractivity contribution in [1.82, 2.24) is 25.2 Å². The van der Waals surface area contributed by atoms with Crippen molar-refractivity contribution in [3.8, 4) is 0 Å². The molecule has 134 valence electrons. The molecule has 0 saturated carbocycles. The van der Waals surface area contributed by atoms with Crippen LogP contribution in [0.25, 0.3) is 0 Å². The van der Waals surface area contributed by atoms with Gasteiger partial charge in [-0.1, -0.05) is 5.16 Å². The third-order valence-electron chi connectivity index (χ3n) is 4.22. The first kappa shape index (κ1) is 17.2. The lowest BCUT2D eigenvalue weighted by molar-refractivity contribution is -0.130. The van der Waals surface area contributed by atoms with Crippen LogP contribution in [-0.2, 0) is 11.3 Å². The van der Waals surface area contributed by atoms with E-state index in [2.05, 4.69) is 15.6 Å². The van der Waals surface area contributed by atoms with Gasteiger partial charge in [-0.25, -0.2) is 0 Å². The van der Waals surface area contributed by atoms with Gasteiger partial charge in [0, 0.05) is 31.5 Å². The van der Waals surface area contributed by atoms with Crippen LogP contribution in [0, 0.1) is 0 Å². The van der Waals surface area contributed by atoms with Gasteiger partial charge in [-0.3, -0.25) is 14.3 Å². The van der Waals surface area contributed by atoms with E-state index in [1.807, 2.05) is 6.92 Å². The largest absolute Gasteiger partial charge is 0.384 e. The highest BCUT2D eigenvalue weighted by Crippen LogP contribution is 2.23. The third kappa shape index (κ3) is 3.87. The predicted molar refractivity (Wildman–Crippen MR) is 86.6 cm³/mol. The Morgan fingerprint density at radius 2 is 2.32 bits per heavy atom. The highest BCUT2D eigenvalue weighted by molar-refractivity contribution is 5.92. The molecular weight excluding hydrogens is 326 g/mol. The smallest absolute Gasteiger partial charge is 0.276 e. The number of aliphatic hydroxyl groups excluding tert-OH is 1. The van der Waals surface area contributed by atoms with Gasteiger partial charge >= 0.3 is 0 Å². The number of aliphatic hydroxyl groups is 1. The fourth-order valence-corrected chi connectivity index (χ4v) is 2.84. The van der Waals surface area contributed by atoms with Gasteiger partial charge in [0.2, 0.25) is 5.91 Å². The van der Waals surface area contributed by atoms with E-state index >= 15 is 0 Å². The fourth-order valence-electron chi connectivity index (χ4n) is 2.84. The van der Waals surface area contributed by atoms with Crippen molar-refractivity contribution in [2.24, 2.45) is 0 Å². The number of rotatable bonds is 5. The minimum atomic E-state index is -1.08. The van der Waals surface area contributed by atoms with Crippen molar-refractivity contribution in [3.63, 3.8) is 0 Å². The van der Waals surface area contributed by atoms with Crippen LogP contribution in [0.3, 0.4) is 0 Å². The zero-order chi connectivity index (χ0) is 18.0. The molecule has 25 heavy (non-hydrogen) atoms.